The summed E-state index contributed by atoms with van der Waals surface area (Å²) in [6, 6.07) is 17.6. The van der Waals surface area contributed by atoms with E-state index in [0.717, 1.165) is 52.4 Å². The maximum atomic E-state index is 8.49. The van der Waals surface area contributed by atoms with Crippen LogP contribution < -0.4 is 28.1 Å². The molecule has 11 heteroatoms. The van der Waals surface area contributed by atoms with Gasteiger partial charge >= 0.3 is 0 Å². The van der Waals surface area contributed by atoms with Crippen LogP contribution in [0.3, 0.4) is 0 Å². The minimum absolute atomic E-state index is 1.01. The molecule has 218 valence electrons. The number of aromatic nitrogens is 1. The molecule has 0 aliphatic carbocycles. The van der Waals surface area contributed by atoms with Gasteiger partial charge in [-0.3, -0.25) is 4.90 Å². The first-order chi connectivity index (χ1) is 19.2. The van der Waals surface area contributed by atoms with Gasteiger partial charge in [-0.2, -0.15) is 4.57 Å². The maximum absolute atomic E-state index is 8.49. The van der Waals surface area contributed by atoms with Crippen molar-refractivity contribution in [2.24, 2.45) is 0 Å². The Morgan fingerprint density at radius 1 is 0.850 bits per heavy atom. The molecule has 0 bridgehead atoms. The second-order valence-electron chi connectivity index (χ2n) is 9.08. The quantitative estimate of drug-likeness (QED) is 0.286. The number of allylic oxidation sites excluding steroid dienone is 2. The lowest BCUT2D eigenvalue weighted by Gasteiger charge is -2.25. The number of likely N-dealkylation sites (N-methyl/N-ethyl adjacent to an activating group) is 2. The van der Waals surface area contributed by atoms with Gasteiger partial charge in [-0.1, -0.05) is 81.1 Å². The molecule has 1 aliphatic rings. The van der Waals surface area contributed by atoms with Crippen LogP contribution in [-0.4, -0.2) is 55.6 Å². The second-order valence-corrected chi connectivity index (χ2v) is 12.0. The predicted molar refractivity (Wildman–Crippen MR) is 154 cm³/mol. The fraction of sp³-hybridized carbons (Fsp3) is 0.414. The lowest BCUT2D eigenvalue weighted by Crippen LogP contribution is -2.68. The van der Waals surface area contributed by atoms with E-state index in [-0.39, 0.29) is 0 Å². The molecule has 1 aliphatic heterocycles. The molecule has 4 rings (SSSR count). The van der Waals surface area contributed by atoms with Gasteiger partial charge in [-0.05, 0) is 50.5 Å². The molecule has 2 aromatic carbocycles. The molecule has 0 saturated heterocycles. The summed E-state index contributed by atoms with van der Waals surface area (Å²) in [4.78, 5) is 8.83. The van der Waals surface area contributed by atoms with Crippen molar-refractivity contribution < 1.29 is 33.4 Å². The number of nitrogens with zero attached hydrogens (tertiary/aromatic N) is 4. The number of hydrogen-bond acceptors (Lipinski definition) is 9. The van der Waals surface area contributed by atoms with E-state index in [2.05, 4.69) is 114 Å². The maximum Gasteiger partial charge on any atom is 0.262 e. The van der Waals surface area contributed by atoms with Gasteiger partial charge in [0, 0.05) is 30.1 Å². The van der Waals surface area contributed by atoms with Gasteiger partial charge in [-0.15, -0.1) is 10.2 Å². The van der Waals surface area contributed by atoms with E-state index in [1.165, 1.54) is 30.8 Å². The summed E-state index contributed by atoms with van der Waals surface area (Å²) in [5.74, 6) is 0. The Kier molecular flexibility index (Phi) is 12.9. The zero-order chi connectivity index (χ0) is 29.1. The fourth-order valence-corrected chi connectivity index (χ4v) is 6.79. The summed E-state index contributed by atoms with van der Waals surface area (Å²) < 4.78 is 37.8. The van der Waals surface area contributed by atoms with Crippen LogP contribution >= 0.6 is 23.1 Å². The van der Waals surface area contributed by atoms with Crippen LogP contribution in [0.15, 0.2) is 70.6 Å². The Labute approximate surface area is 248 Å². The van der Waals surface area contributed by atoms with E-state index >= 15 is 0 Å². The first kappa shape index (κ1) is 32.5. The zero-order valence-electron chi connectivity index (χ0n) is 23.6. The van der Waals surface area contributed by atoms with Gasteiger partial charge < -0.3 is 9.80 Å². The van der Waals surface area contributed by atoms with Crippen LogP contribution in [0.4, 0.5) is 5.69 Å². The molecule has 0 unspecified atom stereocenters. The largest absolute Gasteiger partial charge is 0.334 e. The lowest BCUT2D eigenvalue weighted by atomic mass is 10.3. The van der Waals surface area contributed by atoms with Crippen molar-refractivity contribution in [3.8, 4) is 0 Å². The predicted octanol–water partition coefficient (Wildman–Crippen LogP) is 1.58. The normalized spacial score (nSPS) is 14.6. The number of fused-ring (bicyclic) bond motifs is 2. The van der Waals surface area contributed by atoms with E-state index in [1.807, 2.05) is 23.1 Å². The van der Waals surface area contributed by atoms with Crippen molar-refractivity contribution in [3.63, 3.8) is 0 Å². The van der Waals surface area contributed by atoms with Crippen molar-refractivity contribution in [2.45, 2.75) is 39.1 Å². The monoisotopic (exact) mass is 606 g/mol. The third kappa shape index (κ3) is 9.54. The third-order valence-electron chi connectivity index (χ3n) is 6.82. The second kappa shape index (κ2) is 15.9. The Morgan fingerprint density at radius 3 is 2.12 bits per heavy atom. The molecular weight excluding hydrogens is 568 g/mol. The standard InChI is InChI=1S/C29H39N4S2.ClHO4/c1-5-30(6-2)20-22-32-24-14-9-11-16-26(24)34-28(32)18-13-19-29-33(23-21-31(7-3)8-4)25-15-10-12-17-27(25)35-29;2-1(3,4)5/h9-19H,5-8,20-23H2,1-4H3;(H,2,3,4,5)/q+1;/p-1. The first-order valence-electron chi connectivity index (χ1n) is 13.6. The fourth-order valence-electron chi connectivity index (χ4n) is 4.59. The SMILES string of the molecule is CCN(CC)CCN1C(=CC=Cc2sc3ccccc3[n+]2CCN(CC)CC)Sc2ccccc21.[O-][Cl+3]([O-])([O-])[O-]. The summed E-state index contributed by atoms with van der Waals surface area (Å²) in [5, 5.41) is 2.62. The van der Waals surface area contributed by atoms with Gasteiger partial charge in [-0.25, -0.2) is 18.6 Å². The highest BCUT2D eigenvalue weighted by molar-refractivity contribution is 8.03. The van der Waals surface area contributed by atoms with E-state index in [0.29, 0.717) is 0 Å². The Hall–Kier alpha value is -1.99. The third-order valence-corrected chi connectivity index (χ3v) is 9.08. The Morgan fingerprint density at radius 2 is 1.45 bits per heavy atom. The van der Waals surface area contributed by atoms with Crippen molar-refractivity contribution >= 4 is 45.1 Å². The molecule has 8 nitrogen and oxygen atoms in total. The molecule has 2 heterocycles. The Bertz CT molecular complexity index is 1260. The van der Waals surface area contributed by atoms with Crippen LogP contribution in [0.1, 0.15) is 32.7 Å². The molecule has 0 atom stereocenters. The number of halogens is 1. The molecule has 0 spiro atoms. The van der Waals surface area contributed by atoms with Crippen molar-refractivity contribution in [3.05, 3.63) is 70.7 Å². The summed E-state index contributed by atoms with van der Waals surface area (Å²) in [7, 11) is -4.94. The molecule has 0 amide bonds. The summed E-state index contributed by atoms with van der Waals surface area (Å²) in [6.07, 6.45) is 6.84. The average Bonchev–Trinajstić information content (AvgIpc) is 3.46. The highest BCUT2D eigenvalue weighted by atomic mass is 35.7. The molecular formula is C29H39ClN4O4S2. The number of benzene rings is 2. The molecule has 0 fully saturated rings. The molecule has 0 radical (unpaired) electrons. The van der Waals surface area contributed by atoms with Crippen LogP contribution in [0, 0.1) is 10.2 Å². The highest BCUT2D eigenvalue weighted by Gasteiger charge is 2.24. The van der Waals surface area contributed by atoms with Crippen molar-refractivity contribution in [2.75, 3.05) is 50.7 Å². The van der Waals surface area contributed by atoms with E-state index in [1.54, 1.807) is 0 Å². The highest BCUT2D eigenvalue weighted by Crippen LogP contribution is 2.45. The minimum atomic E-state index is -4.94. The number of anilines is 1. The topological polar surface area (TPSA) is 106 Å². The van der Waals surface area contributed by atoms with Gasteiger partial charge in [0.05, 0.1) is 17.3 Å². The zero-order valence-corrected chi connectivity index (χ0v) is 26.0. The summed E-state index contributed by atoms with van der Waals surface area (Å²) >= 11 is 3.77. The number of hydrogen-bond donors (Lipinski definition) is 0. The van der Waals surface area contributed by atoms with E-state index < -0.39 is 10.2 Å². The smallest absolute Gasteiger partial charge is 0.262 e. The molecule has 3 aromatic rings. The van der Waals surface area contributed by atoms with Gasteiger partial charge in [0.2, 0.25) is 5.52 Å². The summed E-state index contributed by atoms with van der Waals surface area (Å²) in [5.41, 5.74) is 2.67. The molecule has 1 aromatic heterocycles. The van der Waals surface area contributed by atoms with Crippen LogP contribution in [-0.2, 0) is 6.54 Å². The minimum Gasteiger partial charge on any atom is -0.334 e. The van der Waals surface area contributed by atoms with Gasteiger partial charge in [0.25, 0.3) is 5.01 Å². The van der Waals surface area contributed by atoms with Crippen LogP contribution in [0.5, 0.6) is 0 Å². The Balaban J connectivity index is 0.000000810. The molecule has 0 N–H and O–H groups in total. The number of thiazole rings is 1. The van der Waals surface area contributed by atoms with E-state index in [4.69, 9.17) is 18.6 Å². The summed E-state index contributed by atoms with van der Waals surface area (Å²) in [6.45, 7) is 17.5. The van der Waals surface area contributed by atoms with Crippen LogP contribution in [0.2, 0.25) is 0 Å². The lowest BCUT2D eigenvalue weighted by molar-refractivity contribution is -2.00. The van der Waals surface area contributed by atoms with Crippen LogP contribution in [0.25, 0.3) is 16.3 Å². The number of para-hydroxylation sites is 2. The van der Waals surface area contributed by atoms with Gasteiger partial charge in [0.15, 0.2) is 6.54 Å². The first-order valence-corrected chi connectivity index (χ1v) is 16.5. The number of rotatable bonds is 12. The van der Waals surface area contributed by atoms with Crippen molar-refractivity contribution in [1.82, 2.24) is 9.80 Å². The molecule has 40 heavy (non-hydrogen) atoms. The van der Waals surface area contributed by atoms with Crippen molar-refractivity contribution in [1.29, 1.82) is 0 Å². The number of thioether (sulfide) groups is 1. The molecule has 0 saturated carbocycles. The van der Waals surface area contributed by atoms with E-state index in [9.17, 15) is 0 Å². The van der Waals surface area contributed by atoms with Gasteiger partial charge in [0.1, 0.15) is 4.70 Å². The average molecular weight is 607 g/mol.